The van der Waals surface area contributed by atoms with E-state index < -0.39 is 18.2 Å². The van der Waals surface area contributed by atoms with Crippen molar-refractivity contribution < 1.29 is 15.0 Å². The first-order valence-corrected chi connectivity index (χ1v) is 6.63. The van der Waals surface area contributed by atoms with E-state index in [-0.39, 0.29) is 18.2 Å². The number of aromatic nitrogens is 3. The van der Waals surface area contributed by atoms with Gasteiger partial charge < -0.3 is 20.4 Å². The molecule has 0 saturated carbocycles. The minimum absolute atomic E-state index is 0.0597. The van der Waals surface area contributed by atoms with E-state index in [9.17, 15) is 9.90 Å². The van der Waals surface area contributed by atoms with E-state index in [1.165, 1.54) is 0 Å². The minimum Gasteiger partial charge on any atom is -0.465 e. The van der Waals surface area contributed by atoms with Crippen molar-refractivity contribution in [2.75, 3.05) is 18.4 Å². The van der Waals surface area contributed by atoms with E-state index in [2.05, 4.69) is 20.5 Å². The lowest BCUT2D eigenvalue weighted by Crippen LogP contribution is -2.33. The van der Waals surface area contributed by atoms with Gasteiger partial charge >= 0.3 is 6.09 Å². The number of carbonyl (C=O) groups is 1. The number of fused-ring (bicyclic) bond motifs is 1. The summed E-state index contributed by atoms with van der Waals surface area (Å²) in [5.74, 6) is 0.416. The van der Waals surface area contributed by atoms with Crippen LogP contribution in [0.25, 0.3) is 10.9 Å². The summed E-state index contributed by atoms with van der Waals surface area (Å²) in [5, 5.41) is 30.5. The Hall–Kier alpha value is -2.19. The van der Waals surface area contributed by atoms with E-state index in [0.29, 0.717) is 16.7 Å². The lowest BCUT2D eigenvalue weighted by molar-refractivity contribution is 0.139. The predicted octanol–water partition coefficient (Wildman–Crippen LogP) is 0.813. The predicted molar refractivity (Wildman–Crippen MR) is 75.4 cm³/mol. The SMILES string of the molecule is O=C(O)N1C[C@H](O)[C@H](Nc2nnc(Cl)c3ncccc23)C1. The van der Waals surface area contributed by atoms with E-state index in [4.69, 9.17) is 16.7 Å². The van der Waals surface area contributed by atoms with Gasteiger partial charge in [0.15, 0.2) is 11.0 Å². The Bertz CT molecular complexity index is 698. The normalized spacial score (nSPS) is 21.7. The van der Waals surface area contributed by atoms with Crippen molar-refractivity contribution in [3.63, 3.8) is 0 Å². The molecule has 2 aromatic rings. The monoisotopic (exact) mass is 309 g/mol. The second-order valence-electron chi connectivity index (χ2n) is 4.74. The summed E-state index contributed by atoms with van der Waals surface area (Å²) in [6.07, 6.45) is -0.284. The molecule has 21 heavy (non-hydrogen) atoms. The van der Waals surface area contributed by atoms with Gasteiger partial charge in [-0.25, -0.2) is 4.79 Å². The molecule has 0 unspecified atom stereocenters. The van der Waals surface area contributed by atoms with Gasteiger partial charge in [0, 0.05) is 18.1 Å². The highest BCUT2D eigenvalue weighted by Gasteiger charge is 2.34. The molecule has 2 aromatic heterocycles. The number of anilines is 1. The van der Waals surface area contributed by atoms with Gasteiger partial charge in [-0.3, -0.25) is 4.98 Å². The first kappa shape index (κ1) is 13.8. The molecule has 3 rings (SSSR count). The zero-order valence-electron chi connectivity index (χ0n) is 10.8. The molecule has 9 heteroatoms. The van der Waals surface area contributed by atoms with Gasteiger partial charge in [0.2, 0.25) is 0 Å². The number of rotatable bonds is 2. The Morgan fingerprint density at radius 2 is 2.24 bits per heavy atom. The number of nitrogens with zero attached hydrogens (tertiary/aromatic N) is 4. The molecule has 1 aliphatic heterocycles. The highest BCUT2D eigenvalue weighted by atomic mass is 35.5. The summed E-state index contributed by atoms with van der Waals surface area (Å²) in [6, 6.07) is 3.06. The Labute approximate surface area is 124 Å². The number of pyridine rings is 1. The van der Waals surface area contributed by atoms with Crippen LogP contribution in [0.4, 0.5) is 10.6 Å². The zero-order chi connectivity index (χ0) is 15.0. The first-order chi connectivity index (χ1) is 10.1. The average molecular weight is 310 g/mol. The fourth-order valence-corrected chi connectivity index (χ4v) is 2.51. The summed E-state index contributed by atoms with van der Waals surface area (Å²) >= 11 is 5.94. The van der Waals surface area contributed by atoms with Gasteiger partial charge in [0.1, 0.15) is 5.52 Å². The fourth-order valence-electron chi connectivity index (χ4n) is 2.32. The number of likely N-dealkylation sites (tertiary alicyclic amines) is 1. The van der Waals surface area contributed by atoms with E-state index >= 15 is 0 Å². The molecule has 0 bridgehead atoms. The molecule has 1 saturated heterocycles. The molecule has 1 fully saturated rings. The number of aliphatic hydroxyl groups is 1. The Kier molecular flexibility index (Phi) is 3.48. The Morgan fingerprint density at radius 3 is 2.95 bits per heavy atom. The second kappa shape index (κ2) is 5.30. The topological polar surface area (TPSA) is 111 Å². The molecule has 2 atom stereocenters. The molecule has 110 valence electrons. The van der Waals surface area contributed by atoms with Crippen LogP contribution in [0, 0.1) is 0 Å². The number of aliphatic hydroxyl groups excluding tert-OH is 1. The summed E-state index contributed by atoms with van der Waals surface area (Å²) in [4.78, 5) is 16.2. The maximum atomic E-state index is 10.9. The van der Waals surface area contributed by atoms with Crippen LogP contribution >= 0.6 is 11.6 Å². The van der Waals surface area contributed by atoms with Crippen molar-refractivity contribution in [1.82, 2.24) is 20.1 Å². The van der Waals surface area contributed by atoms with Crippen LogP contribution in [0.5, 0.6) is 0 Å². The van der Waals surface area contributed by atoms with Crippen LogP contribution in [0.2, 0.25) is 5.15 Å². The van der Waals surface area contributed by atoms with Gasteiger partial charge in [-0.1, -0.05) is 11.6 Å². The van der Waals surface area contributed by atoms with Crippen molar-refractivity contribution in [1.29, 1.82) is 0 Å². The summed E-state index contributed by atoms with van der Waals surface area (Å²) < 4.78 is 0. The second-order valence-corrected chi connectivity index (χ2v) is 5.10. The number of halogens is 1. The third kappa shape index (κ3) is 2.55. The molecular weight excluding hydrogens is 298 g/mol. The number of nitrogens with one attached hydrogen (secondary N) is 1. The van der Waals surface area contributed by atoms with Gasteiger partial charge in [-0.05, 0) is 12.1 Å². The largest absolute Gasteiger partial charge is 0.465 e. The maximum absolute atomic E-state index is 10.9. The summed E-state index contributed by atoms with van der Waals surface area (Å²) in [7, 11) is 0. The van der Waals surface area contributed by atoms with E-state index in [0.717, 1.165) is 4.90 Å². The molecule has 8 nitrogen and oxygen atoms in total. The minimum atomic E-state index is -1.06. The number of carboxylic acid groups (broad SMARTS) is 1. The smallest absolute Gasteiger partial charge is 0.407 e. The number of hydrogen-bond acceptors (Lipinski definition) is 6. The lowest BCUT2D eigenvalue weighted by atomic mass is 10.2. The molecule has 1 amide bonds. The number of amides is 1. The van der Waals surface area contributed by atoms with Crippen molar-refractivity contribution in [3.05, 3.63) is 23.5 Å². The van der Waals surface area contributed by atoms with Crippen molar-refractivity contribution in [3.8, 4) is 0 Å². The van der Waals surface area contributed by atoms with Crippen LogP contribution in [-0.2, 0) is 0 Å². The van der Waals surface area contributed by atoms with Gasteiger partial charge in [-0.2, -0.15) is 0 Å². The van der Waals surface area contributed by atoms with Gasteiger partial charge in [-0.15, -0.1) is 10.2 Å². The highest BCUT2D eigenvalue weighted by molar-refractivity contribution is 6.33. The zero-order valence-corrected chi connectivity index (χ0v) is 11.5. The van der Waals surface area contributed by atoms with E-state index in [1.807, 2.05) is 0 Å². The van der Waals surface area contributed by atoms with Crippen LogP contribution in [0.15, 0.2) is 18.3 Å². The fraction of sp³-hybridized carbons (Fsp3) is 0.333. The highest BCUT2D eigenvalue weighted by Crippen LogP contribution is 2.25. The molecule has 0 aromatic carbocycles. The molecular formula is C12H12ClN5O3. The molecule has 0 spiro atoms. The Balaban J connectivity index is 1.89. The lowest BCUT2D eigenvalue weighted by Gasteiger charge is -2.16. The van der Waals surface area contributed by atoms with Crippen molar-refractivity contribution in [2.45, 2.75) is 12.1 Å². The third-order valence-electron chi connectivity index (χ3n) is 3.38. The number of β-amino-alcohol motifs (C(OH)–C–C–N with tert-alkyl or cyclic N) is 1. The van der Waals surface area contributed by atoms with Crippen molar-refractivity contribution >= 4 is 34.4 Å². The van der Waals surface area contributed by atoms with Crippen LogP contribution < -0.4 is 5.32 Å². The first-order valence-electron chi connectivity index (χ1n) is 6.25. The molecule has 0 aliphatic carbocycles. The van der Waals surface area contributed by atoms with Crippen LogP contribution in [0.1, 0.15) is 0 Å². The van der Waals surface area contributed by atoms with Crippen LogP contribution in [0.3, 0.4) is 0 Å². The van der Waals surface area contributed by atoms with Crippen molar-refractivity contribution in [2.24, 2.45) is 0 Å². The Morgan fingerprint density at radius 1 is 1.43 bits per heavy atom. The third-order valence-corrected chi connectivity index (χ3v) is 3.63. The van der Waals surface area contributed by atoms with Gasteiger partial charge in [0.05, 0.1) is 18.7 Å². The molecule has 3 N–H and O–H groups in total. The molecule has 0 radical (unpaired) electrons. The standard InChI is InChI=1S/C12H12ClN5O3/c13-10-9-6(2-1-3-14-9)11(17-16-10)15-7-4-18(12(20)21)5-8(7)19/h1-3,7-8,19H,4-5H2,(H,15,17)(H,20,21)/t7-,8+/m1/s1. The van der Waals surface area contributed by atoms with Gasteiger partial charge in [0.25, 0.3) is 0 Å². The quantitative estimate of drug-likeness (QED) is 0.752. The van der Waals surface area contributed by atoms with Crippen LogP contribution in [-0.4, -0.2) is 61.6 Å². The molecule has 1 aliphatic rings. The average Bonchev–Trinajstić information content (AvgIpc) is 2.84. The van der Waals surface area contributed by atoms with E-state index in [1.54, 1.807) is 18.3 Å². The molecule has 3 heterocycles. The number of hydrogen-bond donors (Lipinski definition) is 3. The maximum Gasteiger partial charge on any atom is 0.407 e. The summed E-state index contributed by atoms with van der Waals surface area (Å²) in [5.41, 5.74) is 0.499. The summed E-state index contributed by atoms with van der Waals surface area (Å²) in [6.45, 7) is 0.229.